The Balaban J connectivity index is 1.77. The molecule has 40 heavy (non-hydrogen) atoms. The number of nitrogens with two attached hydrogens (primary N) is 3. The average Bonchev–Trinajstić information content (AvgIpc) is 3.26. The zero-order valence-electron chi connectivity index (χ0n) is 22.8. The first kappa shape index (κ1) is 30.9. The van der Waals surface area contributed by atoms with E-state index in [2.05, 4.69) is 20.9 Å². The van der Waals surface area contributed by atoms with Gasteiger partial charge in [0, 0.05) is 12.6 Å². The average molecular weight is 567 g/mol. The van der Waals surface area contributed by atoms with Gasteiger partial charge in [0.25, 0.3) is 0 Å². The van der Waals surface area contributed by atoms with Crippen molar-refractivity contribution in [1.82, 2.24) is 20.9 Å². The smallest absolute Gasteiger partial charge is 0.408 e. The Hall–Kier alpha value is -3.62. The number of amides is 4. The number of aliphatic carboxylic acids is 1. The molecule has 3 saturated heterocycles. The summed E-state index contributed by atoms with van der Waals surface area (Å²) >= 11 is 0. The zero-order valence-corrected chi connectivity index (χ0v) is 22.8. The minimum atomic E-state index is -1.20. The summed E-state index contributed by atoms with van der Waals surface area (Å²) in [4.78, 5) is 69.5. The molecule has 3 aliphatic heterocycles. The molecule has 15 heteroatoms. The first-order valence-corrected chi connectivity index (χ1v) is 13.9. The number of rotatable bonds is 14. The topological polar surface area (TPSA) is 245 Å². The van der Waals surface area contributed by atoms with Gasteiger partial charge < -0.3 is 47.9 Å². The van der Waals surface area contributed by atoms with Crippen LogP contribution in [-0.4, -0.2) is 95.2 Å². The number of guanidine groups is 1. The van der Waals surface area contributed by atoms with Gasteiger partial charge in [-0.05, 0) is 77.2 Å². The fourth-order valence-electron chi connectivity index (χ4n) is 5.81. The molecule has 4 amide bonds. The van der Waals surface area contributed by atoms with Gasteiger partial charge in [-0.3, -0.25) is 19.4 Å². The third-order valence-corrected chi connectivity index (χ3v) is 7.84. The van der Waals surface area contributed by atoms with Crippen LogP contribution in [0.5, 0.6) is 0 Å². The quantitative estimate of drug-likeness (QED) is 0.0727. The van der Waals surface area contributed by atoms with Crippen LogP contribution in [0.4, 0.5) is 4.79 Å². The van der Waals surface area contributed by atoms with E-state index in [4.69, 9.17) is 21.9 Å². The number of aliphatic imine (C=N–C) groups is 1. The molecule has 3 heterocycles. The van der Waals surface area contributed by atoms with Crippen molar-refractivity contribution in [2.24, 2.45) is 28.1 Å². The molecule has 10 N–H and O–H groups in total. The molecule has 0 aromatic carbocycles. The minimum Gasteiger partial charge on any atom is -0.480 e. The van der Waals surface area contributed by atoms with Crippen LogP contribution in [0.1, 0.15) is 64.7 Å². The van der Waals surface area contributed by atoms with Crippen molar-refractivity contribution in [1.29, 1.82) is 0 Å². The molecule has 1 saturated carbocycles. The van der Waals surface area contributed by atoms with E-state index in [-0.39, 0.29) is 30.9 Å². The second kappa shape index (κ2) is 14.1. The number of piperidine rings is 2. The number of carbonyl (C=O) groups is 5. The molecule has 4 aliphatic rings. The van der Waals surface area contributed by atoms with Crippen LogP contribution in [0, 0.1) is 5.92 Å². The van der Waals surface area contributed by atoms with Gasteiger partial charge in [0.05, 0.1) is 0 Å². The standard InChI is InChI=1S/C25H42N8O7/c1-13-18(32-25(39)40-13)20(34)30-16(5-2-3-11-26)22(36)33-15-9-7-14(8-10-15)19(33)21(35)31-17(23(37)38)6-4-12-29-24(27)28/h13-19H,2-12,26H2,1H3,(H,30,34)(H,31,35)(H,32,39)(H,37,38)(H4,27,28,29)/t13-,14?,15?,16+,17+,18+,19?/m1/s1. The van der Waals surface area contributed by atoms with Crippen LogP contribution in [0.25, 0.3) is 0 Å². The number of carbonyl (C=O) groups excluding carboxylic acids is 4. The van der Waals surface area contributed by atoms with E-state index in [1.54, 1.807) is 11.8 Å². The fourth-order valence-corrected chi connectivity index (χ4v) is 5.81. The molecule has 4 fully saturated rings. The number of hydrogen-bond acceptors (Lipinski definition) is 8. The molecule has 5 atom stereocenters. The molecular formula is C25H42N8O7. The predicted octanol–water partition coefficient (Wildman–Crippen LogP) is -1.51. The second-order valence-electron chi connectivity index (χ2n) is 10.7. The Morgan fingerprint density at radius 2 is 1.70 bits per heavy atom. The van der Waals surface area contributed by atoms with E-state index >= 15 is 0 Å². The molecule has 0 aromatic rings. The van der Waals surface area contributed by atoms with Gasteiger partial charge in [0.15, 0.2) is 5.96 Å². The summed E-state index contributed by atoms with van der Waals surface area (Å²) in [6.45, 7) is 2.21. The van der Waals surface area contributed by atoms with Crippen LogP contribution in [-0.2, 0) is 23.9 Å². The van der Waals surface area contributed by atoms with Crippen LogP contribution >= 0.6 is 0 Å². The SMILES string of the molecule is C[C@H]1OC(=O)N[C@@H]1C(=O)N[C@@H](CCCCN)C(=O)N1C2CCC(CC2)C1C(=O)N[C@@H](CCCN=C(N)N)C(=O)O. The lowest BCUT2D eigenvalue weighted by molar-refractivity contribution is -0.157. The molecule has 1 unspecified atom stereocenters. The van der Waals surface area contributed by atoms with Gasteiger partial charge in [-0.2, -0.15) is 0 Å². The van der Waals surface area contributed by atoms with Gasteiger partial charge in [-0.15, -0.1) is 0 Å². The largest absolute Gasteiger partial charge is 0.480 e. The number of nitrogens with one attached hydrogen (secondary N) is 3. The molecule has 15 nitrogen and oxygen atoms in total. The lowest BCUT2D eigenvalue weighted by Gasteiger charge is -2.51. The maximum Gasteiger partial charge on any atom is 0.408 e. The highest BCUT2D eigenvalue weighted by Gasteiger charge is 2.49. The number of nitrogens with zero attached hydrogens (tertiary/aromatic N) is 2. The maximum absolute atomic E-state index is 14.0. The number of carboxylic acid groups (broad SMARTS) is 1. The first-order chi connectivity index (χ1) is 19.0. The first-order valence-electron chi connectivity index (χ1n) is 13.9. The van der Waals surface area contributed by atoms with Crippen molar-refractivity contribution in [2.75, 3.05) is 13.1 Å². The number of alkyl carbamates (subject to hydrolysis) is 1. The normalized spacial score (nSPS) is 26.7. The van der Waals surface area contributed by atoms with E-state index in [1.165, 1.54) is 0 Å². The molecule has 224 valence electrons. The van der Waals surface area contributed by atoms with Crippen LogP contribution < -0.4 is 33.2 Å². The third-order valence-electron chi connectivity index (χ3n) is 7.84. The van der Waals surface area contributed by atoms with Crippen LogP contribution in [0.3, 0.4) is 0 Å². The summed E-state index contributed by atoms with van der Waals surface area (Å²) < 4.78 is 5.00. The lowest BCUT2D eigenvalue weighted by atomic mass is 9.73. The number of ether oxygens (including phenoxy) is 1. The van der Waals surface area contributed by atoms with Gasteiger partial charge in [-0.1, -0.05) is 0 Å². The maximum atomic E-state index is 14.0. The van der Waals surface area contributed by atoms with Crippen molar-refractivity contribution in [3.8, 4) is 0 Å². The van der Waals surface area contributed by atoms with Gasteiger partial charge in [0.1, 0.15) is 30.3 Å². The Bertz CT molecular complexity index is 980. The number of fused-ring (bicyclic) bond motifs is 3. The van der Waals surface area contributed by atoms with Gasteiger partial charge >= 0.3 is 12.1 Å². The van der Waals surface area contributed by atoms with Gasteiger partial charge in [0.2, 0.25) is 17.7 Å². The van der Waals surface area contributed by atoms with E-state index in [0.29, 0.717) is 45.1 Å². The Morgan fingerprint density at radius 1 is 1.05 bits per heavy atom. The zero-order chi connectivity index (χ0) is 29.4. The highest BCUT2D eigenvalue weighted by Crippen LogP contribution is 2.40. The van der Waals surface area contributed by atoms with Crippen molar-refractivity contribution >= 4 is 35.7 Å². The number of hydrogen-bond donors (Lipinski definition) is 7. The Morgan fingerprint density at radius 3 is 2.27 bits per heavy atom. The van der Waals surface area contributed by atoms with E-state index < -0.39 is 60.1 Å². The molecule has 0 aromatic heterocycles. The molecule has 4 rings (SSSR count). The predicted molar refractivity (Wildman–Crippen MR) is 144 cm³/mol. The summed E-state index contributed by atoms with van der Waals surface area (Å²) in [6.07, 6.45) is 3.42. The van der Waals surface area contributed by atoms with Crippen molar-refractivity contribution < 1.29 is 33.8 Å². The minimum absolute atomic E-state index is 0.103. The summed E-state index contributed by atoms with van der Waals surface area (Å²) in [5, 5.41) is 17.5. The van der Waals surface area contributed by atoms with Crippen molar-refractivity contribution in [3.05, 3.63) is 0 Å². The highest BCUT2D eigenvalue weighted by molar-refractivity contribution is 5.96. The summed E-state index contributed by atoms with van der Waals surface area (Å²) in [6, 6.07) is -4.15. The van der Waals surface area contributed by atoms with E-state index in [9.17, 15) is 29.1 Å². The van der Waals surface area contributed by atoms with E-state index in [1.807, 2.05) is 0 Å². The molecule has 0 spiro atoms. The van der Waals surface area contributed by atoms with Gasteiger partial charge in [-0.25, -0.2) is 9.59 Å². The summed E-state index contributed by atoms with van der Waals surface area (Å²) in [5.74, 6) is -2.92. The molecule has 0 radical (unpaired) electrons. The number of carboxylic acids is 1. The Kier molecular flexibility index (Phi) is 10.9. The number of cyclic esters (lactones) is 1. The molecule has 1 aliphatic carbocycles. The van der Waals surface area contributed by atoms with E-state index in [0.717, 1.165) is 12.8 Å². The monoisotopic (exact) mass is 566 g/mol. The summed E-state index contributed by atoms with van der Waals surface area (Å²) in [7, 11) is 0. The Labute approximate surface area is 233 Å². The van der Waals surface area contributed by atoms with Crippen molar-refractivity contribution in [3.63, 3.8) is 0 Å². The molecular weight excluding hydrogens is 524 g/mol. The molecule has 2 bridgehead atoms. The highest BCUT2D eigenvalue weighted by atomic mass is 16.6. The fraction of sp³-hybridized carbons (Fsp3) is 0.760. The summed E-state index contributed by atoms with van der Waals surface area (Å²) in [5.41, 5.74) is 16.3. The van der Waals surface area contributed by atoms with Crippen LogP contribution in [0.2, 0.25) is 0 Å². The third kappa shape index (κ3) is 7.73. The van der Waals surface area contributed by atoms with Crippen molar-refractivity contribution in [2.45, 2.75) is 101 Å². The second-order valence-corrected chi connectivity index (χ2v) is 10.7. The number of unbranched alkanes of at least 4 members (excludes halogenated alkanes) is 1. The van der Waals surface area contributed by atoms with Crippen LogP contribution in [0.15, 0.2) is 4.99 Å². The lowest BCUT2D eigenvalue weighted by Crippen LogP contribution is -2.67.